The average molecular weight is 1170 g/mol. The minimum Gasteiger partial charge on any atom is -0.457 e. The van der Waals surface area contributed by atoms with Crippen molar-refractivity contribution in [1.29, 1.82) is 0 Å². The molecule has 0 fully saturated rings. The first kappa shape index (κ1) is 65.6. The lowest BCUT2D eigenvalue weighted by Gasteiger charge is -2.38. The summed E-state index contributed by atoms with van der Waals surface area (Å²) in [7, 11) is 7.21. The van der Waals surface area contributed by atoms with E-state index in [1.54, 1.807) is 110 Å². The summed E-state index contributed by atoms with van der Waals surface area (Å²) in [6, 6.07) is 23.6. The molecular weight excluding hydrogens is 1090 g/mol. The highest BCUT2D eigenvalue weighted by Crippen LogP contribution is 2.56. The molecule has 0 saturated heterocycles. The van der Waals surface area contributed by atoms with E-state index in [0.717, 1.165) is 59.9 Å². The standard InChI is InChI=1S/C51H76F6N2O14Si4/c1-60-74(61-2,62-3)37-13-33-58(34-14-38-75(63-4,64-5)65-6)43-21-29-47(30-22-43)72-45-25-17-41(18-26-45)49(50(52,53)54,51(55,56)57)42-19-27-46(28-20-42)73-48-31-23-44(24-32-48)59(35-15-39-76(66-7,67-8)68-9)36-16-40-77(69-10,70-11)71-12/h17-32H,13-16,33-40H2,1-12H3. The lowest BCUT2D eigenvalue weighted by Crippen LogP contribution is -2.54. The van der Waals surface area contributed by atoms with E-state index in [-0.39, 0.29) is 11.5 Å². The smallest absolute Gasteiger partial charge is 0.457 e. The second-order valence-corrected chi connectivity index (χ2v) is 29.9. The Labute approximate surface area is 454 Å². The van der Waals surface area contributed by atoms with Gasteiger partial charge in [0.25, 0.3) is 0 Å². The zero-order valence-corrected chi connectivity index (χ0v) is 50.1. The summed E-state index contributed by atoms with van der Waals surface area (Å²) in [5.74, 6) is 0.649. The van der Waals surface area contributed by atoms with Gasteiger partial charge in [-0.1, -0.05) is 24.3 Å². The van der Waals surface area contributed by atoms with Crippen LogP contribution in [-0.4, -0.2) is 159 Å². The number of ether oxygens (including phenoxy) is 2. The van der Waals surface area contributed by atoms with Crippen LogP contribution in [0.4, 0.5) is 37.7 Å². The molecule has 0 N–H and O–H groups in total. The summed E-state index contributed by atoms with van der Waals surface area (Å²) in [5.41, 5.74) is -4.85. The lowest BCUT2D eigenvalue weighted by atomic mass is 9.73. The third kappa shape index (κ3) is 16.6. The summed E-state index contributed by atoms with van der Waals surface area (Å²) in [5, 5.41) is 0. The summed E-state index contributed by atoms with van der Waals surface area (Å²) in [6.45, 7) is 2.36. The van der Waals surface area contributed by atoms with Gasteiger partial charge in [0.15, 0.2) is 0 Å². The van der Waals surface area contributed by atoms with Crippen LogP contribution in [-0.2, 0) is 58.5 Å². The van der Waals surface area contributed by atoms with Crippen LogP contribution < -0.4 is 19.3 Å². The van der Waals surface area contributed by atoms with E-state index >= 15 is 26.3 Å². The molecule has 4 aromatic rings. The first-order chi connectivity index (χ1) is 36.7. The van der Waals surface area contributed by atoms with Gasteiger partial charge in [0, 0.05) is 147 Å². The fraction of sp³-hybridized carbons (Fsp3) is 0.529. The molecule has 26 heteroatoms. The maximum absolute atomic E-state index is 15.2. The molecule has 0 spiro atoms. The molecule has 0 amide bonds. The monoisotopic (exact) mass is 1170 g/mol. The Morgan fingerprint density at radius 1 is 0.312 bits per heavy atom. The molecule has 4 aromatic carbocycles. The summed E-state index contributed by atoms with van der Waals surface area (Å²) >= 11 is 0. The Balaban J connectivity index is 1.55. The quantitative estimate of drug-likeness (QED) is 0.0315. The summed E-state index contributed by atoms with van der Waals surface area (Å²) in [4.78, 5) is 4.29. The first-order valence-corrected chi connectivity index (χ1v) is 32.4. The number of hydrogen-bond donors (Lipinski definition) is 0. The van der Waals surface area contributed by atoms with Gasteiger partial charge in [0.05, 0.1) is 0 Å². The Morgan fingerprint density at radius 3 is 0.688 bits per heavy atom. The van der Waals surface area contributed by atoms with Crippen molar-refractivity contribution in [2.24, 2.45) is 0 Å². The third-order valence-electron chi connectivity index (χ3n) is 13.7. The van der Waals surface area contributed by atoms with E-state index in [0.29, 0.717) is 87.5 Å². The number of alkyl halides is 6. The Kier molecular flexibility index (Phi) is 25.6. The van der Waals surface area contributed by atoms with Gasteiger partial charge in [-0.3, -0.25) is 0 Å². The van der Waals surface area contributed by atoms with Crippen LogP contribution in [0.2, 0.25) is 24.2 Å². The van der Waals surface area contributed by atoms with E-state index in [9.17, 15) is 0 Å². The summed E-state index contributed by atoms with van der Waals surface area (Å²) < 4.78 is 171. The van der Waals surface area contributed by atoms with Crippen molar-refractivity contribution in [1.82, 2.24) is 0 Å². The minimum atomic E-state index is -5.82. The molecule has 0 aliphatic carbocycles. The van der Waals surface area contributed by atoms with Gasteiger partial charge in [-0.2, -0.15) is 26.3 Å². The zero-order valence-electron chi connectivity index (χ0n) is 46.1. The van der Waals surface area contributed by atoms with Gasteiger partial charge in [0.2, 0.25) is 5.41 Å². The van der Waals surface area contributed by atoms with Gasteiger partial charge in [-0.05, 0) is 110 Å². The molecular formula is C51H76F6N2O14Si4. The maximum Gasteiger partial charge on any atom is 0.500 e. The van der Waals surface area contributed by atoms with Crippen molar-refractivity contribution in [3.8, 4) is 23.0 Å². The predicted octanol–water partition coefficient (Wildman–Crippen LogP) is 11.4. The Hall–Kier alpha value is -3.95. The number of hydrogen-bond acceptors (Lipinski definition) is 16. The SMILES string of the molecule is CO[Si](CCCN(CCC[Si](OC)(OC)OC)c1ccc(Oc2ccc(C(c3ccc(Oc4ccc(N(CCC[Si](OC)(OC)OC)CCC[Si](OC)(OC)OC)cc4)cc3)(C(F)(F)F)C(F)(F)F)cc2)cc1)(OC)OC. The topological polar surface area (TPSA) is 136 Å². The highest BCUT2D eigenvalue weighted by Gasteiger charge is 2.72. The van der Waals surface area contributed by atoms with Gasteiger partial charge < -0.3 is 72.4 Å². The number of anilines is 2. The number of rotatable bonds is 36. The van der Waals surface area contributed by atoms with E-state index in [2.05, 4.69) is 9.80 Å². The zero-order chi connectivity index (χ0) is 57.0. The van der Waals surface area contributed by atoms with Gasteiger partial charge >= 0.3 is 47.6 Å². The van der Waals surface area contributed by atoms with Crippen LogP contribution in [0, 0.1) is 0 Å². The van der Waals surface area contributed by atoms with E-state index in [4.69, 9.17) is 62.6 Å². The molecule has 0 heterocycles. The second-order valence-electron chi connectivity index (χ2n) is 17.6. The Bertz CT molecular complexity index is 2050. The van der Waals surface area contributed by atoms with E-state index in [1.165, 1.54) is 0 Å². The van der Waals surface area contributed by atoms with Crippen molar-refractivity contribution in [2.75, 3.05) is 121 Å². The first-order valence-electron chi connectivity index (χ1n) is 24.7. The molecule has 16 nitrogen and oxygen atoms in total. The summed E-state index contributed by atoms with van der Waals surface area (Å²) in [6.07, 6.45) is -9.00. The van der Waals surface area contributed by atoms with Gasteiger partial charge in [-0.15, -0.1) is 0 Å². The molecule has 0 unspecified atom stereocenters. The maximum atomic E-state index is 15.2. The molecule has 0 atom stereocenters. The van der Waals surface area contributed by atoms with Crippen molar-refractivity contribution in [3.05, 3.63) is 108 Å². The average Bonchev–Trinajstić information content (AvgIpc) is 3.55. The van der Waals surface area contributed by atoms with Crippen molar-refractivity contribution < 1.29 is 88.9 Å². The van der Waals surface area contributed by atoms with Crippen LogP contribution in [0.5, 0.6) is 23.0 Å². The van der Waals surface area contributed by atoms with E-state index in [1.807, 2.05) is 24.3 Å². The molecule has 432 valence electrons. The Morgan fingerprint density at radius 2 is 0.506 bits per heavy atom. The third-order valence-corrected chi connectivity index (χ3v) is 25.0. The fourth-order valence-corrected chi connectivity index (χ4v) is 16.0. The molecule has 4 rings (SSSR count). The molecule has 0 bridgehead atoms. The van der Waals surface area contributed by atoms with Gasteiger partial charge in [0.1, 0.15) is 23.0 Å². The predicted molar refractivity (Wildman–Crippen MR) is 288 cm³/mol. The normalized spacial score (nSPS) is 13.0. The minimum absolute atomic E-state index is 0.0217. The fourth-order valence-electron chi connectivity index (χ4n) is 9.16. The van der Waals surface area contributed by atoms with Crippen LogP contribution in [0.25, 0.3) is 0 Å². The van der Waals surface area contributed by atoms with Crippen LogP contribution >= 0.6 is 0 Å². The highest BCUT2D eigenvalue weighted by atomic mass is 28.4. The second kappa shape index (κ2) is 30.0. The molecule has 0 radical (unpaired) electrons. The van der Waals surface area contributed by atoms with Crippen molar-refractivity contribution >= 4 is 46.6 Å². The van der Waals surface area contributed by atoms with Crippen molar-refractivity contribution in [3.63, 3.8) is 0 Å². The van der Waals surface area contributed by atoms with Crippen LogP contribution in [0.1, 0.15) is 36.8 Å². The molecule has 0 saturated carbocycles. The van der Waals surface area contributed by atoms with Crippen LogP contribution in [0.15, 0.2) is 97.1 Å². The molecule has 77 heavy (non-hydrogen) atoms. The number of benzene rings is 4. The van der Waals surface area contributed by atoms with Crippen LogP contribution in [0.3, 0.4) is 0 Å². The number of halogens is 6. The largest absolute Gasteiger partial charge is 0.500 e. The van der Waals surface area contributed by atoms with E-state index < -0.39 is 64.1 Å². The van der Waals surface area contributed by atoms with Crippen molar-refractivity contribution in [2.45, 2.75) is 67.6 Å². The molecule has 0 aromatic heterocycles. The molecule has 0 aliphatic heterocycles. The lowest BCUT2D eigenvalue weighted by molar-refractivity contribution is -0.288. The molecule has 0 aliphatic rings. The number of nitrogens with zero attached hydrogens (tertiary/aromatic N) is 2. The van der Waals surface area contributed by atoms with Gasteiger partial charge in [-0.25, -0.2) is 0 Å². The highest BCUT2D eigenvalue weighted by molar-refractivity contribution is 6.61.